The summed E-state index contributed by atoms with van der Waals surface area (Å²) in [6, 6.07) is 0. The van der Waals surface area contributed by atoms with Crippen LogP contribution >= 0.6 is 0 Å². The third kappa shape index (κ3) is 20.3. The van der Waals surface area contributed by atoms with E-state index in [4.69, 9.17) is 5.73 Å². The number of hydrogen-bond acceptors (Lipinski definition) is 5. The first kappa shape index (κ1) is 39.7. The highest BCUT2D eigenvalue weighted by molar-refractivity contribution is 6.12. The number of carboxylic acid groups (broad SMARTS) is 1. The van der Waals surface area contributed by atoms with Crippen LogP contribution in [0.15, 0.2) is 0 Å². The molecule has 0 spiro atoms. The highest BCUT2D eigenvalue weighted by Crippen LogP contribution is 2.20. The summed E-state index contributed by atoms with van der Waals surface area (Å²) in [6.45, 7) is 4.48. The Morgan fingerprint density at radius 2 is 0.780 bits per heavy atom. The molecule has 6 heteroatoms. The smallest absolute Gasteiger partial charge is 0.334 e. The normalized spacial score (nSPS) is 13.7. The predicted octanol–water partition coefficient (Wildman–Crippen LogP) is 9.23. The van der Waals surface area contributed by atoms with Crippen LogP contribution in [0.25, 0.3) is 0 Å². The fraction of sp³-hybridized carbons (Fsp3) is 0.914. The maximum atomic E-state index is 12.7. The summed E-state index contributed by atoms with van der Waals surface area (Å²) >= 11 is 0. The number of aliphatic hydroxyl groups excluding tert-OH is 1. The van der Waals surface area contributed by atoms with Crippen LogP contribution in [-0.4, -0.2) is 39.4 Å². The van der Waals surface area contributed by atoms with Crippen molar-refractivity contribution < 1.29 is 24.6 Å². The van der Waals surface area contributed by atoms with Gasteiger partial charge in [0.15, 0.2) is 11.6 Å². The molecule has 41 heavy (non-hydrogen) atoms. The highest BCUT2D eigenvalue weighted by Gasteiger charge is 2.50. The molecule has 0 rings (SSSR count). The van der Waals surface area contributed by atoms with Crippen molar-refractivity contribution in [2.45, 2.75) is 205 Å². The molecule has 0 aromatic carbocycles. The number of nitrogens with two attached hydrogens (primary N) is 1. The van der Waals surface area contributed by atoms with Crippen LogP contribution in [0.2, 0.25) is 0 Å². The molecule has 0 amide bonds. The highest BCUT2D eigenvalue weighted by atomic mass is 16.4. The number of aliphatic carboxylic acids is 1. The molecule has 0 aliphatic heterocycles. The molecule has 0 aliphatic rings. The van der Waals surface area contributed by atoms with Crippen molar-refractivity contribution in [2.75, 3.05) is 0 Å². The average molecular weight is 582 g/mol. The average Bonchev–Trinajstić information content (AvgIpc) is 2.96. The minimum atomic E-state index is -2.55. The molecular weight excluding hydrogens is 514 g/mol. The largest absolute Gasteiger partial charge is 0.479 e. The zero-order valence-corrected chi connectivity index (χ0v) is 27.1. The molecule has 4 N–H and O–H groups in total. The minimum absolute atomic E-state index is 0.0242. The molecule has 2 atom stereocenters. The van der Waals surface area contributed by atoms with Crippen LogP contribution in [0.4, 0.5) is 0 Å². The van der Waals surface area contributed by atoms with Crippen molar-refractivity contribution in [2.24, 2.45) is 5.73 Å². The van der Waals surface area contributed by atoms with Crippen LogP contribution in [0.1, 0.15) is 194 Å². The number of aliphatic hydroxyl groups is 1. The van der Waals surface area contributed by atoms with Crippen LogP contribution in [0, 0.1) is 0 Å². The zero-order valence-electron chi connectivity index (χ0n) is 27.1. The van der Waals surface area contributed by atoms with Gasteiger partial charge in [-0.15, -0.1) is 0 Å². The molecule has 0 aromatic heterocycles. The summed E-state index contributed by atoms with van der Waals surface area (Å²) in [4.78, 5) is 37.1. The standard InChI is InChI=1S/C35H67NO5/c1-3-5-7-9-11-13-15-17-19-21-23-25-27-29-31(37)33(39)35(36,34(40)41)32(38)30-28-26-24-22-20-18-16-14-12-10-8-6-4-2/h33,39H,3-30,36H2,1-2H3,(H,40,41). The van der Waals surface area contributed by atoms with E-state index in [2.05, 4.69) is 13.8 Å². The summed E-state index contributed by atoms with van der Waals surface area (Å²) in [5.74, 6) is -3.01. The first-order valence-corrected chi connectivity index (χ1v) is 17.6. The second-order valence-corrected chi connectivity index (χ2v) is 12.5. The van der Waals surface area contributed by atoms with Gasteiger partial charge in [-0.1, -0.05) is 168 Å². The van der Waals surface area contributed by atoms with Crippen LogP contribution < -0.4 is 5.73 Å². The zero-order chi connectivity index (χ0) is 30.6. The SMILES string of the molecule is CCCCCCCCCCCCCCCC(=O)C(O)C(N)(C(=O)O)C(=O)CCCCCCCCCCCCCCC. The van der Waals surface area contributed by atoms with Gasteiger partial charge in [-0.3, -0.25) is 9.59 Å². The summed E-state index contributed by atoms with van der Waals surface area (Å²) < 4.78 is 0. The summed E-state index contributed by atoms with van der Waals surface area (Å²) in [6.07, 6.45) is 28.5. The van der Waals surface area contributed by atoms with E-state index in [1.165, 1.54) is 116 Å². The van der Waals surface area contributed by atoms with Gasteiger partial charge in [0.25, 0.3) is 0 Å². The number of carbonyl (C=O) groups excluding carboxylic acids is 2. The Labute approximate surface area is 253 Å². The molecule has 0 bridgehead atoms. The number of Topliss-reactive ketones (excluding diaryl/α,β-unsaturated/α-hetero) is 2. The quantitative estimate of drug-likeness (QED) is 0.0538. The third-order valence-electron chi connectivity index (χ3n) is 8.59. The fourth-order valence-corrected chi connectivity index (χ4v) is 5.61. The summed E-state index contributed by atoms with van der Waals surface area (Å²) in [5.41, 5.74) is 3.35. The first-order valence-electron chi connectivity index (χ1n) is 17.6. The van der Waals surface area contributed by atoms with E-state index in [-0.39, 0.29) is 12.8 Å². The number of carbonyl (C=O) groups is 3. The minimum Gasteiger partial charge on any atom is -0.479 e. The Morgan fingerprint density at radius 1 is 0.512 bits per heavy atom. The van der Waals surface area contributed by atoms with Gasteiger partial charge >= 0.3 is 5.97 Å². The van der Waals surface area contributed by atoms with E-state index in [0.717, 1.165) is 38.5 Å². The van der Waals surface area contributed by atoms with E-state index in [9.17, 15) is 24.6 Å². The summed E-state index contributed by atoms with van der Waals surface area (Å²) in [7, 11) is 0. The molecule has 0 aromatic rings. The van der Waals surface area contributed by atoms with Gasteiger partial charge in [0.05, 0.1) is 0 Å². The van der Waals surface area contributed by atoms with Crippen molar-refractivity contribution in [3.8, 4) is 0 Å². The van der Waals surface area contributed by atoms with Crippen molar-refractivity contribution >= 4 is 17.5 Å². The van der Waals surface area contributed by atoms with Crippen LogP contribution in [-0.2, 0) is 14.4 Å². The molecule has 0 aliphatic carbocycles. The van der Waals surface area contributed by atoms with Gasteiger partial charge in [-0.05, 0) is 12.8 Å². The van der Waals surface area contributed by atoms with Crippen molar-refractivity contribution in [3.05, 3.63) is 0 Å². The van der Waals surface area contributed by atoms with Gasteiger partial charge in [-0.2, -0.15) is 0 Å². The van der Waals surface area contributed by atoms with Gasteiger partial charge in [0, 0.05) is 12.8 Å². The first-order chi connectivity index (χ1) is 19.8. The predicted molar refractivity (Wildman–Crippen MR) is 171 cm³/mol. The van der Waals surface area contributed by atoms with E-state index in [1.807, 2.05) is 0 Å². The molecule has 0 radical (unpaired) electrons. The Balaban J connectivity index is 4.01. The number of rotatable bonds is 32. The number of unbranched alkanes of at least 4 members (excludes halogenated alkanes) is 24. The van der Waals surface area contributed by atoms with E-state index in [1.54, 1.807) is 0 Å². The fourth-order valence-electron chi connectivity index (χ4n) is 5.61. The Bertz CT molecular complexity index is 652. The van der Waals surface area contributed by atoms with Crippen molar-refractivity contribution in [1.82, 2.24) is 0 Å². The molecule has 2 unspecified atom stereocenters. The number of carboxylic acids is 1. The lowest BCUT2D eigenvalue weighted by Gasteiger charge is -2.27. The van der Waals surface area contributed by atoms with Gasteiger partial charge in [0.1, 0.15) is 6.10 Å². The Morgan fingerprint density at radius 3 is 1.07 bits per heavy atom. The lowest BCUT2D eigenvalue weighted by molar-refractivity contribution is -0.158. The number of ketones is 2. The van der Waals surface area contributed by atoms with Crippen molar-refractivity contribution in [1.29, 1.82) is 0 Å². The molecule has 0 saturated carbocycles. The molecule has 0 fully saturated rings. The van der Waals surface area contributed by atoms with Crippen molar-refractivity contribution in [3.63, 3.8) is 0 Å². The molecule has 6 nitrogen and oxygen atoms in total. The topological polar surface area (TPSA) is 118 Å². The van der Waals surface area contributed by atoms with Gasteiger partial charge in [-0.25, -0.2) is 4.79 Å². The monoisotopic (exact) mass is 582 g/mol. The molecule has 0 saturated heterocycles. The second-order valence-electron chi connectivity index (χ2n) is 12.5. The maximum absolute atomic E-state index is 12.7. The van der Waals surface area contributed by atoms with E-state index < -0.39 is 29.2 Å². The van der Waals surface area contributed by atoms with Crippen LogP contribution in [0.3, 0.4) is 0 Å². The van der Waals surface area contributed by atoms with Gasteiger partial charge < -0.3 is 15.9 Å². The van der Waals surface area contributed by atoms with Crippen LogP contribution in [0.5, 0.6) is 0 Å². The lowest BCUT2D eigenvalue weighted by atomic mass is 9.82. The van der Waals surface area contributed by atoms with Gasteiger partial charge in [0.2, 0.25) is 5.54 Å². The Hall–Kier alpha value is -1.27. The van der Waals surface area contributed by atoms with E-state index >= 15 is 0 Å². The summed E-state index contributed by atoms with van der Waals surface area (Å²) in [5, 5.41) is 20.1. The molecule has 0 heterocycles. The molecule has 242 valence electrons. The molecular formula is C35H67NO5. The second kappa shape index (κ2) is 27.6. The lowest BCUT2D eigenvalue weighted by Crippen LogP contribution is -2.65. The third-order valence-corrected chi connectivity index (χ3v) is 8.59. The Kier molecular flexibility index (Phi) is 26.7. The maximum Gasteiger partial charge on any atom is 0.334 e. The number of hydrogen-bond donors (Lipinski definition) is 3. The van der Waals surface area contributed by atoms with E-state index in [0.29, 0.717) is 12.8 Å².